The van der Waals surface area contributed by atoms with E-state index < -0.39 is 7.67 Å². The lowest BCUT2D eigenvalue weighted by atomic mass is 10.3. The molecule has 2 rings (SSSR count). The number of para-hydroxylation sites is 1. The third kappa shape index (κ3) is 3.15. The molecule has 1 aliphatic rings. The van der Waals surface area contributed by atoms with Crippen molar-refractivity contribution in [2.75, 3.05) is 20.6 Å². The van der Waals surface area contributed by atoms with Gasteiger partial charge in [-0.15, -0.1) is 4.78 Å². The van der Waals surface area contributed by atoms with Crippen LogP contribution in [-0.4, -0.2) is 35.9 Å². The predicted molar refractivity (Wildman–Crippen MR) is 75.9 cm³/mol. The summed E-state index contributed by atoms with van der Waals surface area (Å²) in [7, 11) is 0.110. The molecule has 6 nitrogen and oxygen atoms in total. The first-order valence-electron chi connectivity index (χ1n) is 6.13. The number of hydrogen-bond donors (Lipinski definition) is 1. The van der Waals surface area contributed by atoms with E-state index in [-0.39, 0.29) is 0 Å². The Morgan fingerprint density at radius 2 is 2.00 bits per heavy atom. The maximum atomic E-state index is 13.0. The summed E-state index contributed by atoms with van der Waals surface area (Å²) in [5, 5.41) is 4.32. The molecule has 0 saturated carbocycles. The van der Waals surface area contributed by atoms with Crippen molar-refractivity contribution in [3.05, 3.63) is 30.3 Å². The average molecular weight is 282 g/mol. The van der Waals surface area contributed by atoms with Crippen LogP contribution in [0.2, 0.25) is 0 Å². The van der Waals surface area contributed by atoms with Crippen LogP contribution < -0.4 is 9.95 Å². The molecule has 1 heterocycles. The van der Waals surface area contributed by atoms with E-state index in [9.17, 15) is 4.57 Å². The van der Waals surface area contributed by atoms with Gasteiger partial charge >= 0.3 is 7.67 Å². The van der Waals surface area contributed by atoms with Gasteiger partial charge in [0.15, 0.2) is 0 Å². The predicted octanol–water partition coefficient (Wildman–Crippen LogP) is 2.32. The highest BCUT2D eigenvalue weighted by molar-refractivity contribution is 7.54. The molecule has 0 saturated heterocycles. The zero-order chi connectivity index (χ0) is 13.9. The normalized spacial score (nSPS) is 28.2. The van der Waals surface area contributed by atoms with Gasteiger partial charge in [-0.3, -0.25) is 0 Å². The Bertz CT molecular complexity index is 506. The zero-order valence-electron chi connectivity index (χ0n) is 11.4. The molecule has 7 heteroatoms. The van der Waals surface area contributed by atoms with Crippen LogP contribution in [0.4, 0.5) is 0 Å². The summed E-state index contributed by atoms with van der Waals surface area (Å²) in [6.45, 7) is 2.60. The lowest BCUT2D eigenvalue weighted by Crippen LogP contribution is -2.40. The second kappa shape index (κ2) is 5.74. The molecule has 1 aromatic carbocycles. The van der Waals surface area contributed by atoms with Crippen molar-refractivity contribution in [2.45, 2.75) is 13.3 Å². The fourth-order valence-corrected chi connectivity index (χ4v) is 3.34. The zero-order valence-corrected chi connectivity index (χ0v) is 12.3. The highest BCUT2D eigenvalue weighted by atomic mass is 31.2. The van der Waals surface area contributed by atoms with Crippen LogP contribution in [0.1, 0.15) is 13.3 Å². The summed E-state index contributed by atoms with van der Waals surface area (Å²) < 4.78 is 21.6. The fourth-order valence-electron chi connectivity index (χ4n) is 1.77. The third-order valence-electron chi connectivity index (χ3n) is 2.86. The smallest absolute Gasteiger partial charge is 0.416 e. The highest BCUT2D eigenvalue weighted by Crippen LogP contribution is 2.51. The van der Waals surface area contributed by atoms with Gasteiger partial charge in [0.1, 0.15) is 5.75 Å². The van der Waals surface area contributed by atoms with Crippen LogP contribution in [0.15, 0.2) is 35.4 Å². The van der Waals surface area contributed by atoms with Gasteiger partial charge in [0, 0.05) is 32.8 Å². The largest absolute Gasteiger partial charge is 0.450 e. The van der Waals surface area contributed by atoms with E-state index in [0.717, 1.165) is 12.1 Å². The quantitative estimate of drug-likeness (QED) is 0.844. The number of nitrogens with one attached hydrogen (secondary N) is 1. The van der Waals surface area contributed by atoms with Gasteiger partial charge in [-0.1, -0.05) is 18.2 Å². The fraction of sp³-hybridized carbons (Fsp3) is 0.417. The van der Waals surface area contributed by atoms with E-state index in [1.807, 2.05) is 25.1 Å². The van der Waals surface area contributed by atoms with Gasteiger partial charge in [-0.25, -0.2) is 14.8 Å². The van der Waals surface area contributed by atoms with Crippen molar-refractivity contribution in [1.82, 2.24) is 15.0 Å². The number of hydrogen-bond acceptors (Lipinski definition) is 4. The maximum absolute atomic E-state index is 13.0. The minimum Gasteiger partial charge on any atom is -0.416 e. The maximum Gasteiger partial charge on any atom is 0.450 e. The van der Waals surface area contributed by atoms with E-state index in [1.165, 1.54) is 9.56 Å². The molecule has 0 aromatic heterocycles. The highest BCUT2D eigenvalue weighted by Gasteiger charge is 2.37. The third-order valence-corrected chi connectivity index (χ3v) is 5.02. The van der Waals surface area contributed by atoms with E-state index in [1.54, 1.807) is 26.2 Å². The Kier molecular flexibility index (Phi) is 4.24. The summed E-state index contributed by atoms with van der Waals surface area (Å²) in [4.78, 5) is 0. The number of rotatable bonds is 2. The van der Waals surface area contributed by atoms with Crippen molar-refractivity contribution in [2.24, 2.45) is 5.10 Å². The van der Waals surface area contributed by atoms with Crippen LogP contribution in [0.5, 0.6) is 5.75 Å². The van der Waals surface area contributed by atoms with Gasteiger partial charge in [0.2, 0.25) is 0 Å². The summed E-state index contributed by atoms with van der Waals surface area (Å²) in [5.41, 5.74) is 4.00. The minimum absolute atomic E-state index is 0.555. The van der Waals surface area contributed by atoms with E-state index in [2.05, 4.69) is 10.5 Å². The molecule has 0 amide bonds. The molecular formula is C12H19N4O2P. The molecule has 0 bridgehead atoms. The van der Waals surface area contributed by atoms with Crippen LogP contribution >= 0.6 is 7.67 Å². The Morgan fingerprint density at radius 1 is 1.32 bits per heavy atom. The molecule has 0 spiro atoms. The van der Waals surface area contributed by atoms with Crippen LogP contribution in [-0.2, 0) is 4.57 Å². The average Bonchev–Trinajstić information content (AvgIpc) is 2.38. The van der Waals surface area contributed by atoms with Gasteiger partial charge < -0.3 is 4.52 Å². The Morgan fingerprint density at radius 3 is 2.68 bits per heavy atom. The first-order chi connectivity index (χ1) is 9.02. The summed E-state index contributed by atoms with van der Waals surface area (Å²) >= 11 is 0. The number of nitrogens with zero attached hydrogens (tertiary/aromatic N) is 3. The van der Waals surface area contributed by atoms with E-state index in [4.69, 9.17) is 4.52 Å². The topological polar surface area (TPSA) is 57.2 Å². The van der Waals surface area contributed by atoms with Gasteiger partial charge in [-0.05, 0) is 19.1 Å². The molecule has 0 fully saturated rings. The lowest BCUT2D eigenvalue weighted by Gasteiger charge is -2.34. The van der Waals surface area contributed by atoms with E-state index in [0.29, 0.717) is 12.3 Å². The number of benzene rings is 1. The number of hydrazine groups is 1. The number of hydrazone groups is 1. The first kappa shape index (κ1) is 14.1. The SMILES string of the molecule is C/C1=N/N(C)P(=O)(Oc2ccccc2)N(C)NCC1. The Balaban J connectivity index is 2.31. The summed E-state index contributed by atoms with van der Waals surface area (Å²) in [5.74, 6) is 0.555. The molecule has 1 N–H and O–H groups in total. The molecule has 1 aromatic rings. The van der Waals surface area contributed by atoms with Crippen LogP contribution in [0, 0.1) is 0 Å². The molecule has 0 radical (unpaired) electrons. The molecule has 1 atom stereocenters. The Labute approximate surface area is 113 Å². The summed E-state index contributed by atoms with van der Waals surface area (Å²) in [6.07, 6.45) is 0.806. The van der Waals surface area contributed by atoms with Gasteiger partial charge in [0.25, 0.3) is 0 Å². The molecular weight excluding hydrogens is 263 g/mol. The monoisotopic (exact) mass is 282 g/mol. The first-order valence-corrected chi connectivity index (χ1v) is 7.66. The molecule has 0 aliphatic carbocycles. The molecule has 104 valence electrons. The van der Waals surface area contributed by atoms with Crippen molar-refractivity contribution in [3.8, 4) is 5.75 Å². The standard InChI is InChI=1S/C12H19N4O2P/c1-11-9-10-13-15(2)19(17,16(3)14-11)18-12-7-5-4-6-8-12/h4-8,13H,9-10H2,1-3H3/b14-11-. The Hall–Kier alpha value is -1.36. The van der Waals surface area contributed by atoms with Gasteiger partial charge in [0.05, 0.1) is 0 Å². The molecule has 19 heavy (non-hydrogen) atoms. The van der Waals surface area contributed by atoms with Crippen molar-refractivity contribution in [1.29, 1.82) is 0 Å². The van der Waals surface area contributed by atoms with Crippen molar-refractivity contribution >= 4 is 13.4 Å². The second-order valence-corrected chi connectivity index (χ2v) is 6.74. The minimum atomic E-state index is -3.26. The van der Waals surface area contributed by atoms with Crippen LogP contribution in [0.25, 0.3) is 0 Å². The molecule has 1 aliphatic heterocycles. The van der Waals surface area contributed by atoms with Gasteiger partial charge in [-0.2, -0.15) is 5.10 Å². The second-order valence-electron chi connectivity index (χ2n) is 4.40. The van der Waals surface area contributed by atoms with Crippen LogP contribution in [0.3, 0.4) is 0 Å². The summed E-state index contributed by atoms with van der Waals surface area (Å²) in [6, 6.07) is 9.11. The van der Waals surface area contributed by atoms with Crippen molar-refractivity contribution in [3.63, 3.8) is 0 Å². The lowest BCUT2D eigenvalue weighted by molar-refractivity contribution is 0.269. The molecule has 1 unspecified atom stereocenters. The van der Waals surface area contributed by atoms with E-state index >= 15 is 0 Å². The van der Waals surface area contributed by atoms with Crippen molar-refractivity contribution < 1.29 is 9.09 Å².